The number of Topliss-reactive ketones (excluding diaryl/α,β-unsaturated/α-hetero) is 1. The van der Waals surface area contributed by atoms with Gasteiger partial charge in [-0.2, -0.15) is 0 Å². The van der Waals surface area contributed by atoms with E-state index in [0.717, 1.165) is 11.1 Å². The number of hydrogen-bond donors (Lipinski definition) is 1. The zero-order valence-corrected chi connectivity index (χ0v) is 15.0. The van der Waals surface area contributed by atoms with Crippen molar-refractivity contribution in [1.29, 1.82) is 0 Å². The highest BCUT2D eigenvalue weighted by Gasteiger charge is 2.18. The lowest BCUT2D eigenvalue weighted by molar-refractivity contribution is -0.116. The third kappa shape index (κ3) is 4.28. The summed E-state index contributed by atoms with van der Waals surface area (Å²) in [5.41, 5.74) is 3.48. The highest BCUT2D eigenvalue weighted by molar-refractivity contribution is 5.97. The first-order chi connectivity index (χ1) is 12.5. The molecule has 1 atom stereocenters. The summed E-state index contributed by atoms with van der Waals surface area (Å²) < 4.78 is 2.04. The van der Waals surface area contributed by atoms with Crippen molar-refractivity contribution in [1.82, 2.24) is 4.57 Å². The van der Waals surface area contributed by atoms with Crippen molar-refractivity contribution in [2.24, 2.45) is 0 Å². The minimum absolute atomic E-state index is 0.0222. The Morgan fingerprint density at radius 2 is 1.73 bits per heavy atom. The van der Waals surface area contributed by atoms with Gasteiger partial charge in [0.1, 0.15) is 0 Å². The van der Waals surface area contributed by atoms with Crippen LogP contribution in [0.4, 0.5) is 5.69 Å². The molecule has 3 rings (SSSR count). The maximum Gasteiger partial charge on any atom is 0.226 e. The molecule has 1 heterocycles. The van der Waals surface area contributed by atoms with Gasteiger partial charge < -0.3 is 9.88 Å². The lowest BCUT2D eigenvalue weighted by Gasteiger charge is -2.20. The van der Waals surface area contributed by atoms with Crippen LogP contribution >= 0.6 is 0 Å². The molecule has 0 bridgehead atoms. The Kier molecular flexibility index (Phi) is 5.32. The van der Waals surface area contributed by atoms with Gasteiger partial charge in [0.15, 0.2) is 5.78 Å². The highest BCUT2D eigenvalue weighted by atomic mass is 16.1. The molecule has 3 aromatic rings. The normalized spacial score (nSPS) is 11.8. The van der Waals surface area contributed by atoms with Gasteiger partial charge in [-0.25, -0.2) is 0 Å². The maximum absolute atomic E-state index is 12.6. The molecule has 132 valence electrons. The van der Waals surface area contributed by atoms with Gasteiger partial charge in [-0.1, -0.05) is 42.0 Å². The number of aromatic nitrogens is 1. The van der Waals surface area contributed by atoms with Crippen molar-refractivity contribution < 1.29 is 9.59 Å². The van der Waals surface area contributed by atoms with Crippen molar-refractivity contribution in [2.75, 3.05) is 5.32 Å². The molecule has 26 heavy (non-hydrogen) atoms. The Hall–Kier alpha value is -3.14. The van der Waals surface area contributed by atoms with Crippen molar-refractivity contribution in [2.45, 2.75) is 26.3 Å². The van der Waals surface area contributed by atoms with E-state index < -0.39 is 0 Å². The van der Waals surface area contributed by atoms with Gasteiger partial charge in [-0.3, -0.25) is 9.59 Å². The lowest BCUT2D eigenvalue weighted by Crippen LogP contribution is -2.19. The summed E-state index contributed by atoms with van der Waals surface area (Å²) in [5, 5.41) is 2.91. The monoisotopic (exact) mass is 346 g/mol. The van der Waals surface area contributed by atoms with E-state index in [1.54, 1.807) is 24.3 Å². The van der Waals surface area contributed by atoms with Crippen LogP contribution in [0.25, 0.3) is 0 Å². The Balaban J connectivity index is 1.80. The van der Waals surface area contributed by atoms with E-state index in [4.69, 9.17) is 0 Å². The third-order valence-electron chi connectivity index (χ3n) is 4.35. The molecule has 0 saturated heterocycles. The number of nitrogens with one attached hydrogen (secondary N) is 1. The van der Waals surface area contributed by atoms with Crippen LogP contribution in [0.2, 0.25) is 0 Å². The van der Waals surface area contributed by atoms with Gasteiger partial charge in [0, 0.05) is 23.6 Å². The first-order valence-electron chi connectivity index (χ1n) is 8.63. The third-order valence-corrected chi connectivity index (χ3v) is 4.35. The standard InChI is InChI=1S/C22H22N2O2/c1-16-7-5-9-19(13-16)21(24-11-3-4-12-24)15-22(26)23-20-10-6-8-18(14-20)17(2)25/h3-14,21H,15H2,1-2H3,(H,23,26)/t21-/m0/s1. The maximum atomic E-state index is 12.6. The van der Waals surface area contributed by atoms with E-state index in [-0.39, 0.29) is 17.7 Å². The van der Waals surface area contributed by atoms with Crippen molar-refractivity contribution in [3.63, 3.8) is 0 Å². The molecule has 2 aromatic carbocycles. The van der Waals surface area contributed by atoms with Crippen molar-refractivity contribution >= 4 is 17.4 Å². The lowest BCUT2D eigenvalue weighted by atomic mass is 10.0. The fraction of sp³-hybridized carbons (Fsp3) is 0.182. The number of aryl methyl sites for hydroxylation is 1. The number of nitrogens with zero attached hydrogens (tertiary/aromatic N) is 1. The number of rotatable bonds is 6. The first kappa shape index (κ1) is 17.7. The minimum atomic E-state index is -0.0918. The first-order valence-corrected chi connectivity index (χ1v) is 8.63. The Bertz CT molecular complexity index is 913. The predicted octanol–water partition coefficient (Wildman–Crippen LogP) is 4.62. The Labute approximate surface area is 153 Å². The molecule has 1 N–H and O–H groups in total. The van der Waals surface area contributed by atoms with E-state index in [9.17, 15) is 9.59 Å². The Morgan fingerprint density at radius 1 is 1.00 bits per heavy atom. The van der Waals surface area contributed by atoms with Gasteiger partial charge in [-0.15, -0.1) is 0 Å². The van der Waals surface area contributed by atoms with E-state index in [1.165, 1.54) is 6.92 Å². The molecule has 0 aliphatic carbocycles. The second-order valence-electron chi connectivity index (χ2n) is 6.45. The Morgan fingerprint density at radius 3 is 2.42 bits per heavy atom. The SMILES string of the molecule is CC(=O)c1cccc(NC(=O)C[C@@H](c2cccc(C)c2)n2cccc2)c1. The van der Waals surface area contributed by atoms with E-state index >= 15 is 0 Å². The number of benzene rings is 2. The van der Waals surface area contributed by atoms with Gasteiger partial charge in [-0.05, 0) is 43.7 Å². The second-order valence-corrected chi connectivity index (χ2v) is 6.45. The van der Waals surface area contributed by atoms with Crippen molar-refractivity contribution in [3.8, 4) is 0 Å². The number of hydrogen-bond acceptors (Lipinski definition) is 2. The minimum Gasteiger partial charge on any atom is -0.346 e. The molecule has 0 aliphatic rings. The number of carbonyl (C=O) groups is 2. The topological polar surface area (TPSA) is 51.1 Å². The molecule has 0 aliphatic heterocycles. The number of amides is 1. The van der Waals surface area contributed by atoms with Crippen molar-refractivity contribution in [3.05, 3.63) is 89.7 Å². The highest BCUT2D eigenvalue weighted by Crippen LogP contribution is 2.24. The van der Waals surface area contributed by atoms with Crippen LogP contribution < -0.4 is 5.32 Å². The average molecular weight is 346 g/mol. The summed E-state index contributed by atoms with van der Waals surface area (Å²) in [6.07, 6.45) is 4.25. The zero-order chi connectivity index (χ0) is 18.5. The summed E-state index contributed by atoms with van der Waals surface area (Å²) in [6.45, 7) is 3.56. The van der Waals surface area contributed by atoms with Crippen LogP contribution in [0.15, 0.2) is 73.1 Å². The number of ketones is 1. The molecule has 4 heteroatoms. The quantitative estimate of drug-likeness (QED) is 0.662. The summed E-state index contributed by atoms with van der Waals surface area (Å²) in [7, 11) is 0. The van der Waals surface area contributed by atoms with Gasteiger partial charge >= 0.3 is 0 Å². The van der Waals surface area contributed by atoms with Gasteiger partial charge in [0.05, 0.1) is 12.5 Å². The molecule has 1 amide bonds. The van der Waals surface area contributed by atoms with Gasteiger partial charge in [0.25, 0.3) is 0 Å². The van der Waals surface area contributed by atoms with Crippen LogP contribution in [0.1, 0.15) is 40.9 Å². The smallest absolute Gasteiger partial charge is 0.226 e. The predicted molar refractivity (Wildman–Crippen MR) is 103 cm³/mol. The summed E-state index contributed by atoms with van der Waals surface area (Å²) in [5.74, 6) is -0.114. The summed E-state index contributed by atoms with van der Waals surface area (Å²) >= 11 is 0. The average Bonchev–Trinajstić information content (AvgIpc) is 3.14. The fourth-order valence-corrected chi connectivity index (χ4v) is 3.03. The number of anilines is 1. The van der Waals surface area contributed by atoms with E-state index in [0.29, 0.717) is 17.7 Å². The van der Waals surface area contributed by atoms with E-state index in [2.05, 4.69) is 11.4 Å². The van der Waals surface area contributed by atoms with Crippen LogP contribution in [0, 0.1) is 6.92 Å². The molecule has 0 spiro atoms. The van der Waals surface area contributed by atoms with Crippen LogP contribution in [0.5, 0.6) is 0 Å². The molecule has 0 saturated carbocycles. The van der Waals surface area contributed by atoms with E-state index in [1.807, 2.05) is 54.2 Å². The molecular formula is C22H22N2O2. The summed E-state index contributed by atoms with van der Waals surface area (Å²) in [6, 6.07) is 19.0. The largest absolute Gasteiger partial charge is 0.346 e. The molecule has 4 nitrogen and oxygen atoms in total. The molecular weight excluding hydrogens is 324 g/mol. The van der Waals surface area contributed by atoms with Gasteiger partial charge in [0.2, 0.25) is 5.91 Å². The van der Waals surface area contributed by atoms with Crippen LogP contribution in [0.3, 0.4) is 0 Å². The molecule has 0 fully saturated rings. The fourth-order valence-electron chi connectivity index (χ4n) is 3.03. The summed E-state index contributed by atoms with van der Waals surface area (Å²) in [4.78, 5) is 24.2. The zero-order valence-electron chi connectivity index (χ0n) is 15.0. The van der Waals surface area contributed by atoms with Crippen LogP contribution in [-0.4, -0.2) is 16.3 Å². The molecule has 1 aromatic heterocycles. The molecule has 0 radical (unpaired) electrons. The molecule has 0 unspecified atom stereocenters. The van der Waals surface area contributed by atoms with Crippen LogP contribution in [-0.2, 0) is 4.79 Å². The number of carbonyl (C=O) groups excluding carboxylic acids is 2. The second kappa shape index (κ2) is 7.83.